The number of thiazole rings is 1. The molecule has 0 aliphatic heterocycles. The van der Waals surface area contributed by atoms with Crippen LogP contribution in [0.25, 0.3) is 10.2 Å². The Labute approximate surface area is 162 Å². The highest BCUT2D eigenvalue weighted by atomic mass is 32.2. The molecule has 1 heterocycles. The molecule has 0 aliphatic carbocycles. The number of rotatable bonds is 5. The molecule has 0 saturated carbocycles. The van der Waals surface area contributed by atoms with E-state index in [-0.39, 0.29) is 22.0 Å². The van der Waals surface area contributed by atoms with Gasteiger partial charge in [-0.25, -0.2) is 0 Å². The van der Waals surface area contributed by atoms with Crippen LogP contribution >= 0.6 is 10.5 Å². The summed E-state index contributed by atoms with van der Waals surface area (Å²) in [4.78, 5) is 4.55. The Kier molecular flexibility index (Phi) is 7.18. The second-order valence-electron chi connectivity index (χ2n) is 5.61. The molecule has 146 valence electrons. The summed E-state index contributed by atoms with van der Waals surface area (Å²) in [5.41, 5.74) is 3.89. The van der Waals surface area contributed by atoms with E-state index in [0.29, 0.717) is 0 Å². The largest absolute Gasteiger partial charge is 0.493 e. The number of hydrogen-bond acceptors (Lipinski definition) is 6. The van der Waals surface area contributed by atoms with Crippen LogP contribution < -0.4 is 9.47 Å². The predicted molar refractivity (Wildman–Crippen MR) is 108 cm³/mol. The summed E-state index contributed by atoms with van der Waals surface area (Å²) in [7, 11) is -0.152. The Balaban J connectivity index is 0.000000194. The van der Waals surface area contributed by atoms with Gasteiger partial charge in [-0.1, -0.05) is 17.7 Å². The minimum Gasteiger partial charge on any atom is -0.493 e. The molecule has 27 heavy (non-hydrogen) atoms. The SMILES string of the molecule is CCOS(=O)(=O)c1ccc(C)cc1.COc1ccc2c(nc[s+]2C)c1OC. The van der Waals surface area contributed by atoms with Crippen LogP contribution in [0.1, 0.15) is 12.5 Å². The summed E-state index contributed by atoms with van der Waals surface area (Å²) in [6.07, 6.45) is 2.14. The number of aromatic nitrogens is 1. The summed E-state index contributed by atoms with van der Waals surface area (Å²) >= 11 is 0. The van der Waals surface area contributed by atoms with E-state index in [9.17, 15) is 8.42 Å². The van der Waals surface area contributed by atoms with Gasteiger partial charge in [-0.2, -0.15) is 13.4 Å². The van der Waals surface area contributed by atoms with E-state index in [0.717, 1.165) is 22.6 Å². The van der Waals surface area contributed by atoms with Gasteiger partial charge in [0, 0.05) is 16.5 Å². The van der Waals surface area contributed by atoms with Crippen molar-refractivity contribution in [3.8, 4) is 11.5 Å². The van der Waals surface area contributed by atoms with Crippen molar-refractivity contribution in [3.05, 3.63) is 47.5 Å². The van der Waals surface area contributed by atoms with Crippen LogP contribution in [0.2, 0.25) is 0 Å². The second-order valence-corrected chi connectivity index (χ2v) is 9.00. The fourth-order valence-electron chi connectivity index (χ4n) is 2.39. The van der Waals surface area contributed by atoms with Gasteiger partial charge in [-0.15, -0.1) is 0 Å². The highest BCUT2D eigenvalue weighted by molar-refractivity contribution is 7.86. The Morgan fingerprint density at radius 1 is 1.04 bits per heavy atom. The summed E-state index contributed by atoms with van der Waals surface area (Å²) < 4.78 is 39.0. The van der Waals surface area contributed by atoms with Crippen LogP contribution in [0.4, 0.5) is 0 Å². The monoisotopic (exact) mass is 410 g/mol. The Morgan fingerprint density at radius 2 is 1.70 bits per heavy atom. The first-order valence-electron chi connectivity index (χ1n) is 8.24. The van der Waals surface area contributed by atoms with Crippen molar-refractivity contribution < 1.29 is 22.1 Å². The Hall–Kier alpha value is -2.16. The number of methoxy groups -OCH3 is 2. The van der Waals surface area contributed by atoms with E-state index < -0.39 is 10.1 Å². The van der Waals surface area contributed by atoms with Gasteiger partial charge in [-0.3, -0.25) is 4.18 Å². The summed E-state index contributed by atoms with van der Waals surface area (Å²) in [5, 5.41) is 0. The van der Waals surface area contributed by atoms with Gasteiger partial charge >= 0.3 is 0 Å². The number of benzene rings is 2. The molecular formula is C19H24NO5S2+. The lowest BCUT2D eigenvalue weighted by atomic mass is 10.2. The molecule has 1 atom stereocenters. The van der Waals surface area contributed by atoms with Gasteiger partial charge in [-0.05, 0) is 32.0 Å². The molecule has 6 nitrogen and oxygen atoms in total. The van der Waals surface area contributed by atoms with Gasteiger partial charge in [0.15, 0.2) is 17.0 Å². The number of fused-ring (bicyclic) bond motifs is 1. The summed E-state index contributed by atoms with van der Waals surface area (Å²) in [6, 6.07) is 10.5. The first-order chi connectivity index (χ1) is 12.8. The number of aryl methyl sites for hydroxylation is 2. The van der Waals surface area contributed by atoms with Crippen molar-refractivity contribution in [3.63, 3.8) is 0 Å². The third-order valence-corrected chi connectivity index (χ3v) is 6.59. The van der Waals surface area contributed by atoms with Gasteiger partial charge in [0.05, 0.1) is 25.7 Å². The molecule has 0 fully saturated rings. The zero-order valence-corrected chi connectivity index (χ0v) is 17.7. The van der Waals surface area contributed by atoms with Crippen LogP contribution in [-0.2, 0) is 20.6 Å². The van der Waals surface area contributed by atoms with Crippen LogP contribution in [0.15, 0.2) is 46.8 Å². The fraction of sp³-hybridized carbons (Fsp3) is 0.316. The van der Waals surface area contributed by atoms with Crippen molar-refractivity contribution >= 4 is 30.8 Å². The highest BCUT2D eigenvalue weighted by Crippen LogP contribution is 2.38. The van der Waals surface area contributed by atoms with Crippen molar-refractivity contribution in [2.75, 3.05) is 20.8 Å². The zero-order valence-electron chi connectivity index (χ0n) is 16.1. The van der Waals surface area contributed by atoms with Crippen LogP contribution in [0, 0.1) is 6.92 Å². The van der Waals surface area contributed by atoms with Crippen molar-refractivity contribution in [1.82, 2.24) is 4.98 Å². The molecular weight excluding hydrogens is 386 g/mol. The van der Waals surface area contributed by atoms with Gasteiger partial charge in [0.1, 0.15) is 6.26 Å². The average molecular weight is 411 g/mol. The first kappa shape index (κ1) is 21.1. The van der Waals surface area contributed by atoms with E-state index >= 15 is 0 Å². The maximum absolute atomic E-state index is 11.3. The molecule has 0 radical (unpaired) electrons. The first-order valence-corrected chi connectivity index (χ1v) is 11.3. The molecule has 0 aliphatic rings. The molecule has 8 heteroatoms. The molecule has 0 bridgehead atoms. The van der Waals surface area contributed by atoms with E-state index in [1.807, 2.05) is 24.6 Å². The second kappa shape index (κ2) is 9.16. The zero-order chi connectivity index (χ0) is 20.0. The smallest absolute Gasteiger partial charge is 0.296 e. The average Bonchev–Trinajstić information content (AvgIpc) is 3.03. The molecule has 0 N–H and O–H groups in total. The maximum Gasteiger partial charge on any atom is 0.296 e. The summed E-state index contributed by atoms with van der Waals surface area (Å²) in [6.45, 7) is 3.71. The lowest BCUT2D eigenvalue weighted by Gasteiger charge is -2.05. The third kappa shape index (κ3) is 4.97. The quantitative estimate of drug-likeness (QED) is 0.462. The lowest BCUT2D eigenvalue weighted by Crippen LogP contribution is -2.05. The molecule has 3 aromatic rings. The van der Waals surface area contributed by atoms with E-state index in [2.05, 4.69) is 15.4 Å². The molecule has 0 amide bonds. The minimum absolute atomic E-state index is 0.103. The van der Waals surface area contributed by atoms with Crippen molar-refractivity contribution in [2.45, 2.75) is 18.7 Å². The molecule has 1 aromatic heterocycles. The highest BCUT2D eigenvalue weighted by Gasteiger charge is 2.17. The molecule has 3 rings (SSSR count). The van der Waals surface area contributed by atoms with E-state index in [1.54, 1.807) is 45.4 Å². The van der Waals surface area contributed by atoms with Crippen LogP contribution in [0.3, 0.4) is 0 Å². The normalized spacial score (nSPS) is 11.7. The standard InChI is InChI=1S/C10H12NO2S.C9H12O3S/c1-12-7-4-5-8-9(10(7)13-2)11-6-14(8)3;1-3-12-13(10,11)9-6-4-8(2)5-7-9/h4-6H,1-3H3;4-7H,3H2,1-2H3/q+1;. The lowest BCUT2D eigenvalue weighted by molar-refractivity contribution is 0.338. The van der Waals surface area contributed by atoms with E-state index in [1.165, 1.54) is 4.70 Å². The van der Waals surface area contributed by atoms with Gasteiger partial charge in [0.25, 0.3) is 10.1 Å². The van der Waals surface area contributed by atoms with Crippen LogP contribution in [0.5, 0.6) is 11.5 Å². The minimum atomic E-state index is -3.53. The van der Waals surface area contributed by atoms with E-state index in [4.69, 9.17) is 9.47 Å². The van der Waals surface area contributed by atoms with Crippen molar-refractivity contribution in [1.29, 1.82) is 0 Å². The Bertz CT molecular complexity index is 995. The van der Waals surface area contributed by atoms with Crippen LogP contribution in [-0.4, -0.2) is 34.2 Å². The molecule has 1 unspecified atom stereocenters. The van der Waals surface area contributed by atoms with Crippen molar-refractivity contribution in [2.24, 2.45) is 6.26 Å². The molecule has 0 spiro atoms. The van der Waals surface area contributed by atoms with Gasteiger partial charge in [0.2, 0.25) is 10.2 Å². The maximum atomic E-state index is 11.3. The fourth-order valence-corrected chi connectivity index (χ4v) is 4.42. The topological polar surface area (TPSA) is 74.7 Å². The number of ether oxygens (including phenoxy) is 2. The number of hydrogen-bond donors (Lipinski definition) is 0. The third-order valence-electron chi connectivity index (χ3n) is 3.75. The molecule has 2 aromatic carbocycles. The predicted octanol–water partition coefficient (Wildman–Crippen LogP) is 4.26. The summed E-state index contributed by atoms with van der Waals surface area (Å²) in [5.74, 6) is 1.47. The molecule has 0 saturated heterocycles. The number of nitrogens with zero attached hydrogens (tertiary/aromatic N) is 1. The Morgan fingerprint density at radius 3 is 2.26 bits per heavy atom. The van der Waals surface area contributed by atoms with Gasteiger partial charge < -0.3 is 9.47 Å².